The molecule has 0 amide bonds. The Kier molecular flexibility index (Phi) is 4.02. The smallest absolute Gasteiger partial charge is 0.148 e. The maximum Gasteiger partial charge on any atom is 0.148 e. The summed E-state index contributed by atoms with van der Waals surface area (Å²) in [5.41, 5.74) is 2.44. The maximum atomic E-state index is 4.45. The van der Waals surface area contributed by atoms with E-state index in [9.17, 15) is 0 Å². The summed E-state index contributed by atoms with van der Waals surface area (Å²) in [6, 6.07) is 2.01. The lowest BCUT2D eigenvalue weighted by Crippen LogP contribution is -2.04. The first kappa shape index (κ1) is 12.7. The summed E-state index contributed by atoms with van der Waals surface area (Å²) in [6.07, 6.45) is 5.03. The van der Waals surface area contributed by atoms with Crippen LogP contribution in [0.2, 0.25) is 0 Å². The molecule has 2 aromatic heterocycles. The quantitative estimate of drug-likeness (QED) is 0.853. The monoisotopic (exact) mass is 247 g/mol. The number of hydrogen-bond acceptors (Lipinski definition) is 3. The molecular weight excluding hydrogens is 226 g/mol. The topological polar surface area (TPSA) is 47.7 Å². The lowest BCUT2D eigenvalue weighted by atomic mass is 10.2. The van der Waals surface area contributed by atoms with E-state index in [1.54, 1.807) is 0 Å². The highest BCUT2D eigenvalue weighted by Gasteiger charge is 2.05. The predicted octanol–water partition coefficient (Wildman–Crippen LogP) is 2.43. The fraction of sp³-hybridized carbons (Fsp3) is 0.538. The molecule has 0 unspecified atom stereocenters. The molecule has 0 spiro atoms. The van der Waals surface area contributed by atoms with Gasteiger partial charge in [0.15, 0.2) is 0 Å². The Morgan fingerprint density at radius 1 is 1.33 bits per heavy atom. The molecule has 98 valence electrons. The summed E-state index contributed by atoms with van der Waals surface area (Å²) >= 11 is 0. The average molecular weight is 247 g/mol. The first-order chi connectivity index (χ1) is 8.74. The van der Waals surface area contributed by atoms with Gasteiger partial charge in [-0.3, -0.25) is 9.36 Å². The second-order valence-corrected chi connectivity index (χ2v) is 4.39. The van der Waals surface area contributed by atoms with Gasteiger partial charge in [-0.25, -0.2) is 0 Å². The van der Waals surface area contributed by atoms with E-state index in [-0.39, 0.29) is 0 Å². The Hall–Kier alpha value is -1.78. The molecule has 0 bridgehead atoms. The molecular formula is C13H21N5. The number of aryl methyl sites for hydroxylation is 2. The van der Waals surface area contributed by atoms with Crippen molar-refractivity contribution in [3.63, 3.8) is 0 Å². The SMILES string of the molecule is CCCn1ccc(NCc2cnn(CC)c2C)n1. The van der Waals surface area contributed by atoms with Crippen LogP contribution in [0.25, 0.3) is 0 Å². The van der Waals surface area contributed by atoms with Crippen LogP contribution in [0.15, 0.2) is 18.5 Å². The third-order valence-electron chi connectivity index (χ3n) is 3.06. The zero-order valence-electron chi connectivity index (χ0n) is 11.3. The van der Waals surface area contributed by atoms with Crippen molar-refractivity contribution in [3.8, 4) is 0 Å². The van der Waals surface area contributed by atoms with Crippen LogP contribution in [0.1, 0.15) is 31.5 Å². The molecule has 2 aromatic rings. The highest BCUT2D eigenvalue weighted by Crippen LogP contribution is 2.10. The van der Waals surface area contributed by atoms with Gasteiger partial charge in [-0.15, -0.1) is 0 Å². The van der Waals surface area contributed by atoms with Crippen LogP contribution in [0, 0.1) is 6.92 Å². The van der Waals surface area contributed by atoms with Crippen molar-refractivity contribution in [2.24, 2.45) is 0 Å². The Morgan fingerprint density at radius 2 is 2.17 bits per heavy atom. The van der Waals surface area contributed by atoms with Gasteiger partial charge >= 0.3 is 0 Å². The van der Waals surface area contributed by atoms with E-state index < -0.39 is 0 Å². The standard InChI is InChI=1S/C13H21N5/c1-4-7-17-8-6-13(16-17)14-9-12-10-15-18(5-2)11(12)3/h6,8,10H,4-5,7,9H2,1-3H3,(H,14,16). The second kappa shape index (κ2) is 5.71. The van der Waals surface area contributed by atoms with Crippen LogP contribution in [-0.4, -0.2) is 19.6 Å². The predicted molar refractivity (Wildman–Crippen MR) is 72.5 cm³/mol. The van der Waals surface area contributed by atoms with E-state index in [1.807, 2.05) is 27.8 Å². The molecule has 0 aliphatic carbocycles. The van der Waals surface area contributed by atoms with Crippen molar-refractivity contribution < 1.29 is 0 Å². The minimum absolute atomic E-state index is 0.773. The van der Waals surface area contributed by atoms with Gasteiger partial charge in [0, 0.05) is 43.2 Å². The molecule has 2 heterocycles. The molecule has 1 N–H and O–H groups in total. The van der Waals surface area contributed by atoms with Crippen LogP contribution < -0.4 is 5.32 Å². The van der Waals surface area contributed by atoms with Crippen LogP contribution in [0.4, 0.5) is 5.82 Å². The number of nitrogens with zero attached hydrogens (tertiary/aromatic N) is 4. The van der Waals surface area contributed by atoms with Crippen molar-refractivity contribution in [1.82, 2.24) is 19.6 Å². The van der Waals surface area contributed by atoms with Crippen molar-refractivity contribution >= 4 is 5.82 Å². The van der Waals surface area contributed by atoms with Gasteiger partial charge in [-0.1, -0.05) is 6.92 Å². The largest absolute Gasteiger partial charge is 0.364 e. The molecule has 0 aromatic carbocycles. The Balaban J connectivity index is 1.95. The number of rotatable bonds is 6. The van der Waals surface area contributed by atoms with Crippen LogP contribution >= 0.6 is 0 Å². The summed E-state index contributed by atoms with van der Waals surface area (Å²) < 4.78 is 3.97. The number of aromatic nitrogens is 4. The minimum atomic E-state index is 0.773. The van der Waals surface area contributed by atoms with Gasteiger partial charge in [-0.05, 0) is 20.3 Å². The van der Waals surface area contributed by atoms with Gasteiger partial charge < -0.3 is 5.32 Å². The van der Waals surface area contributed by atoms with Crippen LogP contribution in [-0.2, 0) is 19.6 Å². The van der Waals surface area contributed by atoms with E-state index in [1.165, 1.54) is 11.3 Å². The summed E-state index contributed by atoms with van der Waals surface area (Å²) in [6.45, 7) is 9.00. The highest BCUT2D eigenvalue weighted by molar-refractivity contribution is 5.34. The van der Waals surface area contributed by atoms with E-state index in [2.05, 4.69) is 36.3 Å². The minimum Gasteiger partial charge on any atom is -0.364 e. The maximum absolute atomic E-state index is 4.45. The molecule has 0 aliphatic heterocycles. The Bertz CT molecular complexity index is 497. The van der Waals surface area contributed by atoms with Gasteiger partial charge in [0.1, 0.15) is 5.82 Å². The van der Waals surface area contributed by atoms with Crippen molar-refractivity contribution in [2.45, 2.75) is 46.8 Å². The molecule has 0 fully saturated rings. The summed E-state index contributed by atoms with van der Waals surface area (Å²) in [5.74, 6) is 0.923. The molecule has 2 rings (SSSR count). The lowest BCUT2D eigenvalue weighted by molar-refractivity contribution is 0.604. The van der Waals surface area contributed by atoms with E-state index in [0.717, 1.165) is 31.9 Å². The van der Waals surface area contributed by atoms with Crippen molar-refractivity contribution in [3.05, 3.63) is 29.7 Å². The Labute approximate surface area is 108 Å². The van der Waals surface area contributed by atoms with Gasteiger partial charge in [0.2, 0.25) is 0 Å². The normalized spacial score (nSPS) is 10.8. The fourth-order valence-corrected chi connectivity index (χ4v) is 1.97. The first-order valence-electron chi connectivity index (χ1n) is 6.53. The third kappa shape index (κ3) is 2.72. The van der Waals surface area contributed by atoms with Gasteiger partial charge in [0.25, 0.3) is 0 Å². The Morgan fingerprint density at radius 3 is 2.83 bits per heavy atom. The highest BCUT2D eigenvalue weighted by atomic mass is 15.3. The van der Waals surface area contributed by atoms with Crippen molar-refractivity contribution in [1.29, 1.82) is 0 Å². The molecule has 5 heteroatoms. The first-order valence-corrected chi connectivity index (χ1v) is 6.53. The zero-order valence-corrected chi connectivity index (χ0v) is 11.3. The molecule has 0 saturated carbocycles. The summed E-state index contributed by atoms with van der Waals surface area (Å²) in [4.78, 5) is 0. The van der Waals surface area contributed by atoms with Crippen LogP contribution in [0.5, 0.6) is 0 Å². The van der Waals surface area contributed by atoms with Crippen LogP contribution in [0.3, 0.4) is 0 Å². The third-order valence-corrected chi connectivity index (χ3v) is 3.06. The van der Waals surface area contributed by atoms with Gasteiger partial charge in [0.05, 0.1) is 6.20 Å². The fourth-order valence-electron chi connectivity index (χ4n) is 1.97. The average Bonchev–Trinajstić information content (AvgIpc) is 2.94. The molecule has 5 nitrogen and oxygen atoms in total. The number of anilines is 1. The summed E-state index contributed by atoms with van der Waals surface area (Å²) in [5, 5.41) is 12.1. The lowest BCUT2D eigenvalue weighted by Gasteiger charge is -2.04. The van der Waals surface area contributed by atoms with E-state index >= 15 is 0 Å². The van der Waals surface area contributed by atoms with E-state index in [0.29, 0.717) is 0 Å². The van der Waals surface area contributed by atoms with Gasteiger partial charge in [-0.2, -0.15) is 10.2 Å². The molecule has 0 atom stereocenters. The number of hydrogen-bond donors (Lipinski definition) is 1. The number of nitrogens with one attached hydrogen (secondary N) is 1. The zero-order chi connectivity index (χ0) is 13.0. The van der Waals surface area contributed by atoms with Crippen molar-refractivity contribution in [2.75, 3.05) is 5.32 Å². The van der Waals surface area contributed by atoms with E-state index in [4.69, 9.17) is 0 Å². The molecule has 0 aliphatic rings. The summed E-state index contributed by atoms with van der Waals surface area (Å²) in [7, 11) is 0. The second-order valence-electron chi connectivity index (χ2n) is 4.39. The molecule has 18 heavy (non-hydrogen) atoms. The molecule has 0 saturated heterocycles. The molecule has 0 radical (unpaired) electrons.